The van der Waals surface area contributed by atoms with Crippen LogP contribution in [0.15, 0.2) is 52.4 Å². The average molecular weight is 481 g/mol. The summed E-state index contributed by atoms with van der Waals surface area (Å²) in [6.07, 6.45) is 0. The van der Waals surface area contributed by atoms with Crippen LogP contribution in [0.1, 0.15) is 11.4 Å². The first-order valence-electron chi connectivity index (χ1n) is 11.2. The van der Waals surface area contributed by atoms with Crippen LogP contribution < -0.4 is 5.56 Å². The van der Waals surface area contributed by atoms with E-state index in [2.05, 4.69) is 29.6 Å². The molecule has 1 saturated heterocycles. The molecular formula is C24H25FN6O2S. The lowest BCUT2D eigenvalue weighted by Crippen LogP contribution is -2.38. The molecule has 34 heavy (non-hydrogen) atoms. The third-order valence-electron chi connectivity index (χ3n) is 5.89. The molecule has 10 heteroatoms. The highest BCUT2D eigenvalue weighted by Gasteiger charge is 2.18. The number of H-pyrrole nitrogens is 1. The van der Waals surface area contributed by atoms with Gasteiger partial charge in [-0.25, -0.2) is 9.37 Å². The molecule has 1 aliphatic heterocycles. The third-order valence-corrected chi connectivity index (χ3v) is 6.87. The van der Waals surface area contributed by atoms with Crippen LogP contribution in [0.3, 0.4) is 0 Å². The summed E-state index contributed by atoms with van der Waals surface area (Å²) in [6.45, 7) is 6.69. The van der Waals surface area contributed by atoms with Crippen LogP contribution >= 0.6 is 11.8 Å². The Morgan fingerprint density at radius 1 is 1.09 bits per heavy atom. The fraction of sp³-hybridized carbons (Fsp3) is 0.333. The van der Waals surface area contributed by atoms with Gasteiger partial charge in [0, 0.05) is 31.7 Å². The summed E-state index contributed by atoms with van der Waals surface area (Å²) < 4.78 is 21.0. The first kappa shape index (κ1) is 22.7. The first-order chi connectivity index (χ1) is 16.6. The largest absolute Gasteiger partial charge is 0.379 e. The van der Waals surface area contributed by atoms with E-state index in [0.717, 1.165) is 49.1 Å². The Balaban J connectivity index is 1.41. The SMILES string of the molecule is Cc1cccc2c(=O)[nH]c(CSc3nnc(-c4ccc(F)cc4)n3CCN3CCOCC3)nc12. The number of aromatic nitrogens is 5. The van der Waals surface area contributed by atoms with E-state index in [1.165, 1.54) is 23.9 Å². The highest BCUT2D eigenvalue weighted by Crippen LogP contribution is 2.26. The molecule has 0 bridgehead atoms. The van der Waals surface area contributed by atoms with Crippen molar-refractivity contribution >= 4 is 22.7 Å². The number of para-hydroxylation sites is 1. The molecular weight excluding hydrogens is 455 g/mol. The van der Waals surface area contributed by atoms with Gasteiger partial charge in [-0.2, -0.15) is 0 Å². The number of ether oxygens (including phenoxy) is 1. The molecule has 2 aromatic carbocycles. The lowest BCUT2D eigenvalue weighted by Gasteiger charge is -2.27. The molecule has 1 aliphatic rings. The van der Waals surface area contributed by atoms with Gasteiger partial charge in [0.05, 0.1) is 29.9 Å². The van der Waals surface area contributed by atoms with Gasteiger partial charge in [0.25, 0.3) is 5.56 Å². The summed E-state index contributed by atoms with van der Waals surface area (Å²) in [4.78, 5) is 22.4. The Hall–Kier alpha value is -3.08. The molecule has 3 heterocycles. The average Bonchev–Trinajstić information content (AvgIpc) is 3.26. The Morgan fingerprint density at radius 2 is 1.88 bits per heavy atom. The number of aryl methyl sites for hydroxylation is 1. The zero-order valence-corrected chi connectivity index (χ0v) is 19.6. The second kappa shape index (κ2) is 10.0. The molecule has 0 atom stereocenters. The van der Waals surface area contributed by atoms with Gasteiger partial charge < -0.3 is 14.3 Å². The molecule has 176 valence electrons. The van der Waals surface area contributed by atoms with Crippen molar-refractivity contribution in [3.63, 3.8) is 0 Å². The summed E-state index contributed by atoms with van der Waals surface area (Å²) in [5, 5.41) is 10.1. The Bertz CT molecular complexity index is 1350. The quantitative estimate of drug-likeness (QED) is 0.406. The van der Waals surface area contributed by atoms with E-state index in [0.29, 0.717) is 34.8 Å². The van der Waals surface area contributed by atoms with Crippen molar-refractivity contribution in [3.8, 4) is 11.4 Å². The van der Waals surface area contributed by atoms with Crippen molar-refractivity contribution in [2.75, 3.05) is 32.8 Å². The molecule has 1 N–H and O–H groups in total. The number of aromatic amines is 1. The maximum absolute atomic E-state index is 13.5. The van der Waals surface area contributed by atoms with Gasteiger partial charge >= 0.3 is 0 Å². The van der Waals surface area contributed by atoms with E-state index in [4.69, 9.17) is 4.74 Å². The fourth-order valence-corrected chi connectivity index (χ4v) is 4.86. The Kier molecular flexibility index (Phi) is 6.70. The minimum atomic E-state index is -0.292. The van der Waals surface area contributed by atoms with Crippen LogP contribution in [0.5, 0.6) is 0 Å². The number of fused-ring (bicyclic) bond motifs is 1. The van der Waals surface area contributed by atoms with Gasteiger partial charge in [-0.05, 0) is 42.8 Å². The normalized spacial score (nSPS) is 14.6. The molecule has 0 amide bonds. The van der Waals surface area contributed by atoms with Crippen LogP contribution in [0, 0.1) is 12.7 Å². The first-order valence-corrected chi connectivity index (χ1v) is 12.2. The monoisotopic (exact) mass is 480 g/mol. The summed E-state index contributed by atoms with van der Waals surface area (Å²) >= 11 is 1.47. The van der Waals surface area contributed by atoms with Gasteiger partial charge in [-0.15, -0.1) is 10.2 Å². The highest BCUT2D eigenvalue weighted by atomic mass is 32.2. The second-order valence-corrected chi connectivity index (χ2v) is 9.13. The maximum Gasteiger partial charge on any atom is 0.258 e. The van der Waals surface area contributed by atoms with Gasteiger partial charge in [-0.3, -0.25) is 9.69 Å². The van der Waals surface area contributed by atoms with Gasteiger partial charge in [0.2, 0.25) is 0 Å². The smallest absolute Gasteiger partial charge is 0.258 e. The lowest BCUT2D eigenvalue weighted by molar-refractivity contribution is 0.0361. The zero-order chi connectivity index (χ0) is 23.5. The van der Waals surface area contributed by atoms with Crippen LogP contribution in [0.4, 0.5) is 4.39 Å². The molecule has 4 aromatic rings. The van der Waals surface area contributed by atoms with E-state index in [-0.39, 0.29) is 11.4 Å². The molecule has 0 radical (unpaired) electrons. The molecule has 0 spiro atoms. The summed E-state index contributed by atoms with van der Waals surface area (Å²) in [7, 11) is 0. The molecule has 8 nitrogen and oxygen atoms in total. The Labute approximate surface area is 200 Å². The zero-order valence-electron chi connectivity index (χ0n) is 18.8. The number of halogens is 1. The number of rotatable bonds is 7. The molecule has 0 aliphatic carbocycles. The van der Waals surface area contributed by atoms with Gasteiger partial charge in [-0.1, -0.05) is 23.9 Å². The molecule has 0 saturated carbocycles. The van der Waals surface area contributed by atoms with E-state index in [9.17, 15) is 9.18 Å². The maximum atomic E-state index is 13.5. The summed E-state index contributed by atoms with van der Waals surface area (Å²) in [5.41, 5.74) is 2.32. The highest BCUT2D eigenvalue weighted by molar-refractivity contribution is 7.98. The minimum Gasteiger partial charge on any atom is -0.379 e. The van der Waals surface area contributed by atoms with E-state index in [1.54, 1.807) is 18.2 Å². The van der Waals surface area contributed by atoms with Crippen LogP contribution in [0.2, 0.25) is 0 Å². The fourth-order valence-electron chi connectivity index (χ4n) is 4.03. The van der Waals surface area contributed by atoms with E-state index < -0.39 is 0 Å². The van der Waals surface area contributed by atoms with E-state index in [1.807, 2.05) is 19.1 Å². The second-order valence-electron chi connectivity index (χ2n) is 8.19. The lowest BCUT2D eigenvalue weighted by atomic mass is 10.1. The van der Waals surface area contributed by atoms with Crippen molar-refractivity contribution in [2.45, 2.75) is 24.4 Å². The van der Waals surface area contributed by atoms with Gasteiger partial charge in [0.1, 0.15) is 11.6 Å². The predicted octanol–water partition coefficient (Wildman–Crippen LogP) is 3.25. The van der Waals surface area contributed by atoms with Crippen LogP contribution in [-0.2, 0) is 17.0 Å². The van der Waals surface area contributed by atoms with E-state index >= 15 is 0 Å². The predicted molar refractivity (Wildman–Crippen MR) is 129 cm³/mol. The topological polar surface area (TPSA) is 88.9 Å². The molecule has 2 aromatic heterocycles. The minimum absolute atomic E-state index is 0.148. The van der Waals surface area contributed by atoms with Crippen LogP contribution in [-0.4, -0.2) is 62.5 Å². The van der Waals surface area contributed by atoms with Crippen molar-refractivity contribution in [1.29, 1.82) is 0 Å². The standard InChI is InChI=1S/C24H25FN6O2S/c1-16-3-2-4-19-21(16)26-20(27-23(19)32)15-34-24-29-28-22(17-5-7-18(25)8-6-17)31(24)10-9-30-11-13-33-14-12-30/h2-8H,9-15H2,1H3,(H,26,27,32). The number of hydrogen-bond acceptors (Lipinski definition) is 7. The number of benzene rings is 2. The number of nitrogens with one attached hydrogen (secondary N) is 1. The molecule has 0 unspecified atom stereocenters. The summed E-state index contributed by atoms with van der Waals surface area (Å²) in [6, 6.07) is 11.9. The van der Waals surface area contributed by atoms with Crippen molar-refractivity contribution in [1.82, 2.24) is 29.6 Å². The van der Waals surface area contributed by atoms with Crippen molar-refractivity contribution in [2.24, 2.45) is 0 Å². The molecule has 1 fully saturated rings. The number of hydrogen-bond donors (Lipinski definition) is 1. The summed E-state index contributed by atoms with van der Waals surface area (Å²) in [5.74, 6) is 1.42. The van der Waals surface area contributed by atoms with Crippen molar-refractivity contribution in [3.05, 3.63) is 70.0 Å². The molecule has 5 rings (SSSR count). The van der Waals surface area contributed by atoms with Crippen molar-refractivity contribution < 1.29 is 9.13 Å². The van der Waals surface area contributed by atoms with Gasteiger partial charge in [0.15, 0.2) is 11.0 Å². The third kappa shape index (κ3) is 4.89. The number of morpholine rings is 1. The van der Waals surface area contributed by atoms with Crippen LogP contribution in [0.25, 0.3) is 22.3 Å². The number of thioether (sulfide) groups is 1. The number of nitrogens with zero attached hydrogens (tertiary/aromatic N) is 5. The Morgan fingerprint density at radius 3 is 2.68 bits per heavy atom.